The smallest absolute Gasteiger partial charge is 0.251 e. The van der Waals surface area contributed by atoms with Crippen LogP contribution in [0.5, 0.6) is 0 Å². The molecule has 1 saturated heterocycles. The monoisotopic (exact) mass is 247 g/mol. The molecule has 0 aromatic heterocycles. The van der Waals surface area contributed by atoms with E-state index in [1.165, 1.54) is 0 Å². The van der Waals surface area contributed by atoms with E-state index in [0.717, 1.165) is 25.2 Å². The van der Waals surface area contributed by atoms with Crippen LogP contribution in [-0.2, 0) is 0 Å². The van der Waals surface area contributed by atoms with Gasteiger partial charge in [-0.15, -0.1) is 0 Å². The second-order valence-corrected chi connectivity index (χ2v) is 5.38. The lowest BCUT2D eigenvalue weighted by Crippen LogP contribution is -2.47. The quantitative estimate of drug-likeness (QED) is 0.844. The zero-order chi connectivity index (χ0) is 13.2. The third-order valence-electron chi connectivity index (χ3n) is 3.43. The van der Waals surface area contributed by atoms with Crippen molar-refractivity contribution in [3.63, 3.8) is 0 Å². The summed E-state index contributed by atoms with van der Waals surface area (Å²) in [6.07, 6.45) is 0.981. The van der Waals surface area contributed by atoms with Gasteiger partial charge in [-0.05, 0) is 44.2 Å². The maximum Gasteiger partial charge on any atom is 0.251 e. The van der Waals surface area contributed by atoms with Crippen LogP contribution in [0.4, 0.5) is 5.69 Å². The molecule has 1 aromatic carbocycles. The summed E-state index contributed by atoms with van der Waals surface area (Å²) in [6, 6.07) is 7.67. The Kier molecular flexibility index (Phi) is 3.57. The molecular formula is C14H21N3O. The van der Waals surface area contributed by atoms with Crippen LogP contribution < -0.4 is 15.5 Å². The molecule has 4 nitrogen and oxygen atoms in total. The van der Waals surface area contributed by atoms with E-state index in [-0.39, 0.29) is 11.4 Å². The lowest BCUT2D eigenvalue weighted by atomic mass is 10.0. The van der Waals surface area contributed by atoms with Gasteiger partial charge in [-0.3, -0.25) is 4.79 Å². The Morgan fingerprint density at radius 3 is 2.50 bits per heavy atom. The van der Waals surface area contributed by atoms with Gasteiger partial charge in [0, 0.05) is 31.9 Å². The molecule has 1 unspecified atom stereocenters. The molecule has 1 aliphatic heterocycles. The zero-order valence-electron chi connectivity index (χ0n) is 11.3. The third-order valence-corrected chi connectivity index (χ3v) is 3.43. The molecule has 0 bridgehead atoms. The first-order chi connectivity index (χ1) is 8.50. The van der Waals surface area contributed by atoms with Crippen LogP contribution in [0.2, 0.25) is 0 Å². The second-order valence-electron chi connectivity index (χ2n) is 5.38. The van der Waals surface area contributed by atoms with Crippen molar-refractivity contribution >= 4 is 11.6 Å². The number of rotatable bonds is 3. The van der Waals surface area contributed by atoms with Crippen LogP contribution in [0.1, 0.15) is 23.7 Å². The van der Waals surface area contributed by atoms with Crippen LogP contribution >= 0.6 is 0 Å². The molecule has 1 atom stereocenters. The van der Waals surface area contributed by atoms with Gasteiger partial charge < -0.3 is 15.5 Å². The zero-order valence-corrected chi connectivity index (χ0v) is 11.3. The van der Waals surface area contributed by atoms with Gasteiger partial charge in [0.1, 0.15) is 0 Å². The van der Waals surface area contributed by atoms with Crippen molar-refractivity contribution in [2.75, 3.05) is 32.1 Å². The third kappa shape index (κ3) is 2.82. The number of carbonyl (C=O) groups is 1. The van der Waals surface area contributed by atoms with Crippen molar-refractivity contribution in [3.8, 4) is 0 Å². The van der Waals surface area contributed by atoms with Gasteiger partial charge in [0.05, 0.1) is 5.54 Å². The lowest BCUT2D eigenvalue weighted by molar-refractivity contribution is 0.0913. The highest BCUT2D eigenvalue weighted by molar-refractivity contribution is 5.95. The largest absolute Gasteiger partial charge is 0.378 e. The second kappa shape index (κ2) is 4.98. The predicted octanol–water partition coefficient (Wildman–Crippen LogP) is 1.23. The molecule has 0 spiro atoms. The maximum absolute atomic E-state index is 12.1. The average Bonchev–Trinajstić information content (AvgIpc) is 2.76. The number of nitrogens with zero attached hydrogens (tertiary/aromatic N) is 1. The van der Waals surface area contributed by atoms with Gasteiger partial charge in [0.2, 0.25) is 0 Å². The normalized spacial score (nSPS) is 22.8. The van der Waals surface area contributed by atoms with Gasteiger partial charge in [0.15, 0.2) is 0 Å². The first kappa shape index (κ1) is 12.9. The number of amides is 1. The minimum atomic E-state index is -0.114. The maximum atomic E-state index is 12.1. The Hall–Kier alpha value is -1.55. The molecule has 1 aliphatic rings. The van der Waals surface area contributed by atoms with Crippen LogP contribution in [0.25, 0.3) is 0 Å². The fraction of sp³-hybridized carbons (Fsp3) is 0.500. The Labute approximate surface area is 108 Å². The number of hydrogen-bond acceptors (Lipinski definition) is 3. The lowest BCUT2D eigenvalue weighted by Gasteiger charge is -2.24. The molecular weight excluding hydrogens is 226 g/mol. The van der Waals surface area contributed by atoms with Gasteiger partial charge in [0.25, 0.3) is 5.91 Å². The fourth-order valence-electron chi connectivity index (χ4n) is 2.18. The average molecular weight is 247 g/mol. The summed E-state index contributed by atoms with van der Waals surface area (Å²) in [6.45, 7) is 3.89. The summed E-state index contributed by atoms with van der Waals surface area (Å²) in [4.78, 5) is 14.2. The minimum absolute atomic E-state index is 0.00602. The molecule has 2 rings (SSSR count). The summed E-state index contributed by atoms with van der Waals surface area (Å²) in [7, 11) is 3.97. The van der Waals surface area contributed by atoms with Gasteiger partial charge in [-0.1, -0.05) is 0 Å². The molecule has 1 amide bonds. The molecule has 98 valence electrons. The Bertz CT molecular complexity index is 419. The predicted molar refractivity (Wildman–Crippen MR) is 74.1 cm³/mol. The highest BCUT2D eigenvalue weighted by atomic mass is 16.1. The van der Waals surface area contributed by atoms with E-state index in [0.29, 0.717) is 5.56 Å². The summed E-state index contributed by atoms with van der Waals surface area (Å²) < 4.78 is 0. The van der Waals surface area contributed by atoms with Crippen molar-refractivity contribution in [2.24, 2.45) is 0 Å². The van der Waals surface area contributed by atoms with Crippen molar-refractivity contribution in [1.29, 1.82) is 0 Å². The molecule has 1 heterocycles. The molecule has 0 aliphatic carbocycles. The molecule has 2 N–H and O–H groups in total. The highest BCUT2D eigenvalue weighted by Gasteiger charge is 2.30. The van der Waals surface area contributed by atoms with Crippen molar-refractivity contribution in [2.45, 2.75) is 18.9 Å². The van der Waals surface area contributed by atoms with E-state index >= 15 is 0 Å². The van der Waals surface area contributed by atoms with E-state index in [1.807, 2.05) is 43.3 Å². The fourth-order valence-corrected chi connectivity index (χ4v) is 2.18. The molecule has 1 aromatic rings. The summed E-state index contributed by atoms with van der Waals surface area (Å²) in [5, 5.41) is 6.38. The van der Waals surface area contributed by atoms with Gasteiger partial charge >= 0.3 is 0 Å². The first-order valence-corrected chi connectivity index (χ1v) is 6.31. The SMILES string of the molecule is CN(C)c1ccc(C(=O)NC2(C)CCNC2)cc1. The van der Waals surface area contributed by atoms with E-state index in [4.69, 9.17) is 0 Å². The van der Waals surface area contributed by atoms with Crippen LogP contribution in [-0.4, -0.2) is 38.6 Å². The van der Waals surface area contributed by atoms with Crippen molar-refractivity contribution < 1.29 is 4.79 Å². The number of benzene rings is 1. The van der Waals surface area contributed by atoms with E-state index < -0.39 is 0 Å². The summed E-state index contributed by atoms with van der Waals surface area (Å²) in [5.74, 6) is 0.00602. The van der Waals surface area contributed by atoms with E-state index in [2.05, 4.69) is 17.6 Å². The Morgan fingerprint density at radius 2 is 2.00 bits per heavy atom. The number of hydrogen-bond donors (Lipinski definition) is 2. The minimum Gasteiger partial charge on any atom is -0.378 e. The summed E-state index contributed by atoms with van der Waals surface area (Å²) >= 11 is 0. The molecule has 18 heavy (non-hydrogen) atoms. The van der Waals surface area contributed by atoms with Gasteiger partial charge in [-0.2, -0.15) is 0 Å². The van der Waals surface area contributed by atoms with Crippen molar-refractivity contribution in [3.05, 3.63) is 29.8 Å². The number of nitrogens with one attached hydrogen (secondary N) is 2. The highest BCUT2D eigenvalue weighted by Crippen LogP contribution is 2.16. The standard InChI is InChI=1S/C14H21N3O/c1-14(8-9-15-10-14)16-13(18)11-4-6-12(7-5-11)17(2)3/h4-7,15H,8-10H2,1-3H3,(H,16,18). The topological polar surface area (TPSA) is 44.4 Å². The first-order valence-electron chi connectivity index (χ1n) is 6.31. The van der Waals surface area contributed by atoms with Crippen LogP contribution in [0.3, 0.4) is 0 Å². The summed E-state index contributed by atoms with van der Waals surface area (Å²) in [5.41, 5.74) is 1.70. The molecule has 4 heteroatoms. The molecule has 0 saturated carbocycles. The van der Waals surface area contributed by atoms with Crippen molar-refractivity contribution in [1.82, 2.24) is 10.6 Å². The van der Waals surface area contributed by atoms with E-state index in [9.17, 15) is 4.79 Å². The Balaban J connectivity index is 2.04. The van der Waals surface area contributed by atoms with Crippen LogP contribution in [0, 0.1) is 0 Å². The Morgan fingerprint density at radius 1 is 1.33 bits per heavy atom. The molecule has 1 fully saturated rings. The van der Waals surface area contributed by atoms with E-state index in [1.54, 1.807) is 0 Å². The molecule has 0 radical (unpaired) electrons. The number of carbonyl (C=O) groups excluding carboxylic acids is 1. The van der Waals surface area contributed by atoms with Gasteiger partial charge in [-0.25, -0.2) is 0 Å². The number of anilines is 1. The van der Waals surface area contributed by atoms with Crippen LogP contribution in [0.15, 0.2) is 24.3 Å².